The Morgan fingerprint density at radius 1 is 1.53 bits per heavy atom. The van der Waals surface area contributed by atoms with Gasteiger partial charge in [-0.2, -0.15) is 0 Å². The first-order valence-corrected chi connectivity index (χ1v) is 4.73. The molecular formula is C9H16O6. The number of hydrogen-bond donors (Lipinski definition) is 2. The van der Waals surface area contributed by atoms with Gasteiger partial charge in [-0.25, -0.2) is 4.79 Å². The maximum absolute atomic E-state index is 10.8. The lowest BCUT2D eigenvalue weighted by molar-refractivity contribution is -0.150. The molecule has 1 unspecified atom stereocenters. The molecule has 0 aromatic heterocycles. The monoisotopic (exact) mass is 220 g/mol. The van der Waals surface area contributed by atoms with E-state index in [-0.39, 0.29) is 19.3 Å². The lowest BCUT2D eigenvalue weighted by Gasteiger charge is -2.17. The van der Waals surface area contributed by atoms with E-state index in [4.69, 9.17) is 14.6 Å². The summed E-state index contributed by atoms with van der Waals surface area (Å²) in [6, 6.07) is 0. The average molecular weight is 220 g/mol. The van der Waals surface area contributed by atoms with Crippen LogP contribution in [0.2, 0.25) is 0 Å². The van der Waals surface area contributed by atoms with E-state index in [1.165, 1.54) is 7.11 Å². The molecule has 1 aliphatic rings. The Morgan fingerprint density at radius 3 is 2.67 bits per heavy atom. The molecule has 1 fully saturated rings. The molecule has 2 N–H and O–H groups in total. The summed E-state index contributed by atoms with van der Waals surface area (Å²) < 4.78 is 14.8. The second kappa shape index (κ2) is 5.41. The van der Waals surface area contributed by atoms with E-state index < -0.39 is 24.3 Å². The molecule has 15 heavy (non-hydrogen) atoms. The van der Waals surface area contributed by atoms with Gasteiger partial charge in [-0.3, -0.25) is 0 Å². The van der Waals surface area contributed by atoms with Gasteiger partial charge in [0.2, 0.25) is 0 Å². The molecule has 4 atom stereocenters. The summed E-state index contributed by atoms with van der Waals surface area (Å²) in [6.07, 6.45) is -2.54. The molecule has 1 saturated heterocycles. The van der Waals surface area contributed by atoms with Crippen molar-refractivity contribution in [2.75, 3.05) is 20.3 Å². The molecule has 6 heteroatoms. The van der Waals surface area contributed by atoms with Gasteiger partial charge in [0.15, 0.2) is 0 Å². The number of hydrogen-bond acceptors (Lipinski definition) is 6. The van der Waals surface area contributed by atoms with Gasteiger partial charge in [0.05, 0.1) is 19.8 Å². The summed E-state index contributed by atoms with van der Waals surface area (Å²) in [5, 5.41) is 18.5. The Hall–Kier alpha value is -0.690. The average Bonchev–Trinajstić information content (AvgIpc) is 2.51. The number of methoxy groups -OCH3 is 1. The van der Waals surface area contributed by atoms with E-state index >= 15 is 0 Å². The van der Waals surface area contributed by atoms with Crippen molar-refractivity contribution in [3.63, 3.8) is 0 Å². The van der Waals surface area contributed by atoms with Crippen LogP contribution < -0.4 is 0 Å². The number of carbonyl (C=O) groups is 1. The van der Waals surface area contributed by atoms with Gasteiger partial charge in [0.1, 0.15) is 24.9 Å². The highest BCUT2D eigenvalue weighted by atomic mass is 16.6. The van der Waals surface area contributed by atoms with E-state index in [1.807, 2.05) is 0 Å². The predicted molar refractivity (Wildman–Crippen MR) is 49.2 cm³/mol. The van der Waals surface area contributed by atoms with Crippen LogP contribution in [0.5, 0.6) is 0 Å². The van der Waals surface area contributed by atoms with Crippen molar-refractivity contribution in [1.82, 2.24) is 0 Å². The third-order valence-electron chi connectivity index (χ3n) is 2.37. The standard InChI is InChI=1S/C9H16O6/c1-5-9(14-4-7(11)13-2)8(12)6(3-10)15-5/h5-6,8-10,12H,3-4H2,1-2H3/t5-,6+,8-,9?/m0/s1. The first-order valence-electron chi connectivity index (χ1n) is 4.73. The minimum absolute atomic E-state index is 0.232. The van der Waals surface area contributed by atoms with Crippen molar-refractivity contribution < 1.29 is 29.2 Å². The minimum atomic E-state index is -0.922. The number of aliphatic hydroxyl groups excluding tert-OH is 2. The Balaban J connectivity index is 2.44. The van der Waals surface area contributed by atoms with Crippen molar-refractivity contribution >= 4 is 5.97 Å². The Labute approximate surface area is 87.7 Å². The third-order valence-corrected chi connectivity index (χ3v) is 2.37. The van der Waals surface area contributed by atoms with Crippen molar-refractivity contribution in [3.05, 3.63) is 0 Å². The van der Waals surface area contributed by atoms with Crippen molar-refractivity contribution in [2.24, 2.45) is 0 Å². The minimum Gasteiger partial charge on any atom is -0.467 e. The molecule has 0 radical (unpaired) electrons. The van der Waals surface area contributed by atoms with Gasteiger partial charge in [-0.15, -0.1) is 0 Å². The quantitative estimate of drug-likeness (QED) is 0.572. The fourth-order valence-corrected chi connectivity index (χ4v) is 1.53. The number of ether oxygens (including phenoxy) is 3. The second-order valence-electron chi connectivity index (χ2n) is 3.40. The summed E-state index contributed by atoms with van der Waals surface area (Å²) in [4.78, 5) is 10.8. The summed E-state index contributed by atoms with van der Waals surface area (Å²) in [5.74, 6) is -0.512. The zero-order valence-electron chi connectivity index (χ0n) is 8.75. The molecule has 0 aromatic rings. The van der Waals surface area contributed by atoms with Crippen molar-refractivity contribution in [3.8, 4) is 0 Å². The number of esters is 1. The van der Waals surface area contributed by atoms with Crippen LogP contribution in [-0.2, 0) is 19.0 Å². The Morgan fingerprint density at radius 2 is 2.20 bits per heavy atom. The number of aliphatic hydroxyl groups is 2. The summed E-state index contributed by atoms with van der Waals surface area (Å²) in [5.41, 5.74) is 0. The number of carbonyl (C=O) groups excluding carboxylic acids is 1. The molecule has 1 aliphatic heterocycles. The van der Waals surface area contributed by atoms with E-state index in [2.05, 4.69) is 4.74 Å². The topological polar surface area (TPSA) is 85.2 Å². The molecule has 88 valence electrons. The molecule has 6 nitrogen and oxygen atoms in total. The van der Waals surface area contributed by atoms with E-state index in [9.17, 15) is 9.90 Å². The molecule has 1 heterocycles. The lowest BCUT2D eigenvalue weighted by atomic mass is 10.1. The van der Waals surface area contributed by atoms with Gasteiger partial charge in [0.25, 0.3) is 0 Å². The van der Waals surface area contributed by atoms with Crippen LogP contribution in [0.15, 0.2) is 0 Å². The normalized spacial score (nSPS) is 35.5. The van der Waals surface area contributed by atoms with Crippen LogP contribution in [0.1, 0.15) is 6.92 Å². The predicted octanol–water partition coefficient (Wildman–Crippen LogP) is -1.31. The van der Waals surface area contributed by atoms with Gasteiger partial charge in [-0.05, 0) is 6.92 Å². The lowest BCUT2D eigenvalue weighted by Crippen LogP contribution is -2.37. The van der Waals surface area contributed by atoms with E-state index in [0.29, 0.717) is 0 Å². The van der Waals surface area contributed by atoms with Crippen LogP contribution in [-0.4, -0.2) is 60.9 Å². The maximum Gasteiger partial charge on any atom is 0.331 e. The van der Waals surface area contributed by atoms with E-state index in [0.717, 1.165) is 0 Å². The fourth-order valence-electron chi connectivity index (χ4n) is 1.53. The largest absolute Gasteiger partial charge is 0.467 e. The van der Waals surface area contributed by atoms with Crippen LogP contribution in [0.3, 0.4) is 0 Å². The SMILES string of the molecule is COC(=O)COC1[C@H](C)O[C@H](CO)[C@@H]1O. The van der Waals surface area contributed by atoms with Crippen LogP contribution in [0.4, 0.5) is 0 Å². The smallest absolute Gasteiger partial charge is 0.331 e. The highest BCUT2D eigenvalue weighted by Gasteiger charge is 2.41. The van der Waals surface area contributed by atoms with Gasteiger partial charge < -0.3 is 24.4 Å². The zero-order valence-corrected chi connectivity index (χ0v) is 8.75. The van der Waals surface area contributed by atoms with Gasteiger partial charge >= 0.3 is 5.97 Å². The molecule has 1 rings (SSSR count). The highest BCUT2D eigenvalue weighted by Crippen LogP contribution is 2.23. The third kappa shape index (κ3) is 2.88. The summed E-state index contributed by atoms with van der Waals surface area (Å²) in [6.45, 7) is 1.20. The zero-order chi connectivity index (χ0) is 11.4. The van der Waals surface area contributed by atoms with Gasteiger partial charge in [-0.1, -0.05) is 0 Å². The van der Waals surface area contributed by atoms with Crippen molar-refractivity contribution in [1.29, 1.82) is 0 Å². The molecule has 0 bridgehead atoms. The highest BCUT2D eigenvalue weighted by molar-refractivity contribution is 5.70. The molecule has 0 aliphatic carbocycles. The molecule has 0 saturated carbocycles. The summed E-state index contributed by atoms with van der Waals surface area (Å²) >= 11 is 0. The van der Waals surface area contributed by atoms with Crippen LogP contribution in [0.25, 0.3) is 0 Å². The molecule has 0 amide bonds. The van der Waals surface area contributed by atoms with Crippen molar-refractivity contribution in [2.45, 2.75) is 31.3 Å². The summed E-state index contributed by atoms with van der Waals surface area (Å²) in [7, 11) is 1.26. The Bertz CT molecular complexity index is 219. The Kier molecular flexibility index (Phi) is 4.46. The molecule has 0 spiro atoms. The second-order valence-corrected chi connectivity index (χ2v) is 3.40. The maximum atomic E-state index is 10.8. The first-order chi connectivity index (χ1) is 7.10. The fraction of sp³-hybridized carbons (Fsp3) is 0.889. The molecule has 0 aromatic carbocycles. The van der Waals surface area contributed by atoms with Crippen LogP contribution >= 0.6 is 0 Å². The van der Waals surface area contributed by atoms with E-state index in [1.54, 1.807) is 6.92 Å². The van der Waals surface area contributed by atoms with Crippen LogP contribution in [0, 0.1) is 0 Å². The molecular weight excluding hydrogens is 204 g/mol. The van der Waals surface area contributed by atoms with Gasteiger partial charge in [0, 0.05) is 0 Å². The first kappa shape index (κ1) is 12.4. The number of rotatable bonds is 4.